The van der Waals surface area contributed by atoms with Crippen molar-refractivity contribution in [3.63, 3.8) is 0 Å². The topological polar surface area (TPSA) is 67.2 Å². The molecule has 0 bridgehead atoms. The van der Waals surface area contributed by atoms with Crippen molar-refractivity contribution in [3.8, 4) is 5.69 Å². The largest absolute Gasteiger partial charge is 0.293 e. The number of hydrogen-bond donors (Lipinski definition) is 2. The highest BCUT2D eigenvalue weighted by atomic mass is 19.1. The second-order valence-corrected chi connectivity index (χ2v) is 6.54. The predicted octanol–water partition coefficient (Wildman–Crippen LogP) is 4.31. The van der Waals surface area contributed by atoms with E-state index in [-0.39, 0.29) is 17.4 Å². The molecule has 144 valence electrons. The number of hydroxylamine groups is 1. The zero-order chi connectivity index (χ0) is 20.2. The molecule has 5 nitrogen and oxygen atoms in total. The van der Waals surface area contributed by atoms with Crippen LogP contribution in [-0.2, 0) is 0 Å². The lowest BCUT2D eigenvalue weighted by Crippen LogP contribution is -2.22. The third-order valence-corrected chi connectivity index (χ3v) is 4.70. The number of nitrogens with one attached hydrogen (secondary N) is 1. The lowest BCUT2D eigenvalue weighted by molar-refractivity contribution is 0.0697. The van der Waals surface area contributed by atoms with Gasteiger partial charge in [0.25, 0.3) is 5.91 Å². The van der Waals surface area contributed by atoms with Crippen LogP contribution in [-0.4, -0.2) is 20.9 Å². The summed E-state index contributed by atoms with van der Waals surface area (Å²) in [4.78, 5) is 12.3. The summed E-state index contributed by atoms with van der Waals surface area (Å²) in [5.74, 6) is -1.30. The molecular formula is C23H18FN3O2. The van der Waals surface area contributed by atoms with Gasteiger partial charge in [-0.25, -0.2) is 14.6 Å². The van der Waals surface area contributed by atoms with Gasteiger partial charge in [-0.2, -0.15) is 5.10 Å². The van der Waals surface area contributed by atoms with Gasteiger partial charge in [0.1, 0.15) is 11.5 Å². The summed E-state index contributed by atoms with van der Waals surface area (Å²) in [5, 5.41) is 13.9. The number of carbonyl (C=O) groups is 1. The third-order valence-electron chi connectivity index (χ3n) is 4.70. The Morgan fingerprint density at radius 3 is 2.10 bits per heavy atom. The van der Waals surface area contributed by atoms with Crippen LogP contribution in [0.25, 0.3) is 5.69 Å². The maximum atomic E-state index is 13.5. The van der Waals surface area contributed by atoms with Crippen molar-refractivity contribution in [1.82, 2.24) is 15.3 Å². The van der Waals surface area contributed by atoms with Crippen molar-refractivity contribution in [2.75, 3.05) is 0 Å². The molecule has 1 aromatic heterocycles. The lowest BCUT2D eigenvalue weighted by atomic mass is 9.88. The number of benzene rings is 3. The number of halogens is 1. The van der Waals surface area contributed by atoms with Gasteiger partial charge >= 0.3 is 0 Å². The Morgan fingerprint density at radius 1 is 0.897 bits per heavy atom. The van der Waals surface area contributed by atoms with Gasteiger partial charge in [0.2, 0.25) is 0 Å². The summed E-state index contributed by atoms with van der Waals surface area (Å²) in [6.07, 6.45) is 0. The molecule has 0 spiro atoms. The van der Waals surface area contributed by atoms with E-state index in [1.54, 1.807) is 23.7 Å². The predicted molar refractivity (Wildman–Crippen MR) is 107 cm³/mol. The zero-order valence-electron chi connectivity index (χ0n) is 15.4. The Kier molecular flexibility index (Phi) is 5.18. The van der Waals surface area contributed by atoms with E-state index in [0.29, 0.717) is 11.4 Å². The van der Waals surface area contributed by atoms with Crippen LogP contribution in [0, 0.1) is 5.82 Å². The molecule has 0 aliphatic rings. The summed E-state index contributed by atoms with van der Waals surface area (Å²) in [6, 6.07) is 26.7. The van der Waals surface area contributed by atoms with Crippen LogP contribution in [0.4, 0.5) is 4.39 Å². The molecule has 6 heteroatoms. The van der Waals surface area contributed by atoms with Crippen molar-refractivity contribution in [2.45, 2.75) is 5.92 Å². The SMILES string of the molecule is O=C(NO)c1cc(C(c2ccccc2)c2ccc(F)cc2)nn1-c1ccccc1. The van der Waals surface area contributed by atoms with Crippen LogP contribution in [0.5, 0.6) is 0 Å². The highest BCUT2D eigenvalue weighted by molar-refractivity contribution is 5.92. The molecule has 0 saturated carbocycles. The number of amides is 1. The number of aromatic nitrogens is 2. The number of carbonyl (C=O) groups excluding carboxylic acids is 1. The molecule has 1 atom stereocenters. The van der Waals surface area contributed by atoms with Crippen molar-refractivity contribution >= 4 is 5.91 Å². The van der Waals surface area contributed by atoms with Gasteiger partial charge in [0.05, 0.1) is 17.3 Å². The molecule has 0 fully saturated rings. The van der Waals surface area contributed by atoms with Crippen LogP contribution in [0.3, 0.4) is 0 Å². The van der Waals surface area contributed by atoms with Crippen molar-refractivity contribution in [2.24, 2.45) is 0 Å². The lowest BCUT2D eigenvalue weighted by Gasteiger charge is -2.16. The van der Waals surface area contributed by atoms with Crippen molar-refractivity contribution in [1.29, 1.82) is 0 Å². The van der Waals surface area contributed by atoms with Crippen molar-refractivity contribution < 1.29 is 14.4 Å². The highest BCUT2D eigenvalue weighted by Crippen LogP contribution is 2.32. The van der Waals surface area contributed by atoms with E-state index in [0.717, 1.165) is 11.1 Å². The van der Waals surface area contributed by atoms with E-state index in [4.69, 9.17) is 0 Å². The summed E-state index contributed by atoms with van der Waals surface area (Å²) in [5.41, 5.74) is 4.95. The van der Waals surface area contributed by atoms with Crippen LogP contribution in [0.2, 0.25) is 0 Å². The van der Waals surface area contributed by atoms with Gasteiger partial charge in [-0.3, -0.25) is 10.0 Å². The summed E-state index contributed by atoms with van der Waals surface area (Å²) in [7, 11) is 0. The van der Waals surface area contributed by atoms with Crippen LogP contribution in [0.15, 0.2) is 91.0 Å². The molecular weight excluding hydrogens is 369 g/mol. The maximum Gasteiger partial charge on any atom is 0.293 e. The smallest absolute Gasteiger partial charge is 0.288 e. The molecule has 1 heterocycles. The minimum atomic E-state index is -0.668. The monoisotopic (exact) mass is 387 g/mol. The normalized spacial score (nSPS) is 11.8. The number of hydrogen-bond acceptors (Lipinski definition) is 3. The Bertz CT molecular complexity index is 1110. The molecule has 2 N–H and O–H groups in total. The minimum absolute atomic E-state index is 0.191. The molecule has 29 heavy (non-hydrogen) atoms. The van der Waals surface area contributed by atoms with E-state index < -0.39 is 5.91 Å². The second-order valence-electron chi connectivity index (χ2n) is 6.54. The first kappa shape index (κ1) is 18.6. The summed E-state index contributed by atoms with van der Waals surface area (Å²) in [6.45, 7) is 0. The van der Waals surface area contributed by atoms with Gasteiger partial charge in [0.15, 0.2) is 0 Å². The average Bonchev–Trinajstić information content (AvgIpc) is 3.21. The zero-order valence-corrected chi connectivity index (χ0v) is 15.4. The Hall–Kier alpha value is -3.77. The van der Waals surface area contributed by atoms with E-state index in [9.17, 15) is 14.4 Å². The van der Waals surface area contributed by atoms with Crippen molar-refractivity contribution in [3.05, 3.63) is 119 Å². The number of para-hydroxylation sites is 1. The van der Waals surface area contributed by atoms with Gasteiger partial charge in [-0.05, 0) is 41.5 Å². The molecule has 0 radical (unpaired) electrons. The highest BCUT2D eigenvalue weighted by Gasteiger charge is 2.24. The summed E-state index contributed by atoms with van der Waals surface area (Å²) >= 11 is 0. The molecule has 1 amide bonds. The van der Waals surface area contributed by atoms with Crippen LogP contribution >= 0.6 is 0 Å². The molecule has 0 aliphatic heterocycles. The first-order valence-electron chi connectivity index (χ1n) is 9.07. The number of nitrogens with zero attached hydrogens (tertiary/aromatic N) is 2. The average molecular weight is 387 g/mol. The molecule has 4 rings (SSSR count). The standard InChI is InChI=1S/C23H18FN3O2/c24-18-13-11-17(12-14-18)22(16-7-3-1-4-8-16)20-15-21(23(28)26-29)27(25-20)19-9-5-2-6-10-19/h1-15,22,29H,(H,26,28). The molecule has 0 saturated heterocycles. The van der Waals surface area contributed by atoms with E-state index in [1.165, 1.54) is 16.8 Å². The van der Waals surface area contributed by atoms with Gasteiger partial charge in [-0.1, -0.05) is 60.7 Å². The van der Waals surface area contributed by atoms with Crippen LogP contribution < -0.4 is 5.48 Å². The van der Waals surface area contributed by atoms with Gasteiger partial charge in [0, 0.05) is 0 Å². The molecule has 4 aromatic rings. The fourth-order valence-electron chi connectivity index (χ4n) is 3.36. The fraction of sp³-hybridized carbons (Fsp3) is 0.0435. The first-order chi connectivity index (χ1) is 14.2. The van der Waals surface area contributed by atoms with E-state index >= 15 is 0 Å². The van der Waals surface area contributed by atoms with E-state index in [1.807, 2.05) is 60.7 Å². The van der Waals surface area contributed by atoms with Gasteiger partial charge < -0.3 is 0 Å². The third kappa shape index (κ3) is 3.79. The molecule has 0 aliphatic carbocycles. The molecule has 1 unspecified atom stereocenters. The summed E-state index contributed by atoms with van der Waals surface area (Å²) < 4.78 is 15.0. The Balaban J connectivity index is 1.90. The number of rotatable bonds is 5. The Morgan fingerprint density at radius 2 is 1.48 bits per heavy atom. The fourth-order valence-corrected chi connectivity index (χ4v) is 3.36. The Labute approximate surface area is 167 Å². The molecule has 3 aromatic carbocycles. The maximum absolute atomic E-state index is 13.5. The van der Waals surface area contributed by atoms with Crippen LogP contribution in [0.1, 0.15) is 33.2 Å². The minimum Gasteiger partial charge on any atom is -0.288 e. The second kappa shape index (κ2) is 8.08. The van der Waals surface area contributed by atoms with Gasteiger partial charge in [-0.15, -0.1) is 0 Å². The quantitative estimate of drug-likeness (QED) is 0.396. The van der Waals surface area contributed by atoms with E-state index in [2.05, 4.69) is 5.10 Å². The first-order valence-corrected chi connectivity index (χ1v) is 9.07.